The maximum atomic E-state index is 12.2. The van der Waals surface area contributed by atoms with Gasteiger partial charge in [0.15, 0.2) is 18.2 Å². The second-order valence-corrected chi connectivity index (χ2v) is 5.79. The van der Waals surface area contributed by atoms with Gasteiger partial charge in [0.1, 0.15) is 11.9 Å². The predicted octanol–water partition coefficient (Wildman–Crippen LogP) is 0.617. The van der Waals surface area contributed by atoms with Crippen molar-refractivity contribution in [1.82, 2.24) is 4.98 Å². The molecule has 1 aromatic rings. The van der Waals surface area contributed by atoms with Crippen molar-refractivity contribution in [2.24, 2.45) is 5.73 Å². The molecule has 0 radical (unpaired) electrons. The lowest BCUT2D eigenvalue weighted by molar-refractivity contribution is -0.118. The summed E-state index contributed by atoms with van der Waals surface area (Å²) in [5.41, 5.74) is 5.94. The Hall–Kier alpha value is -2.35. The number of pyridine rings is 1. The number of anilines is 2. The number of amides is 2. The van der Waals surface area contributed by atoms with Crippen molar-refractivity contribution < 1.29 is 19.1 Å². The zero-order valence-corrected chi connectivity index (χ0v) is 11.8. The summed E-state index contributed by atoms with van der Waals surface area (Å²) in [7, 11) is 0. The normalized spacial score (nSPS) is 30.0. The summed E-state index contributed by atoms with van der Waals surface area (Å²) in [6, 6.07) is 3.41. The minimum Gasteiger partial charge on any atom is -0.480 e. The molecule has 8 nitrogen and oxygen atoms in total. The summed E-state index contributed by atoms with van der Waals surface area (Å²) in [5.74, 6) is 1.02. The largest absolute Gasteiger partial charge is 0.480 e. The van der Waals surface area contributed by atoms with Crippen LogP contribution in [-0.4, -0.2) is 41.8 Å². The van der Waals surface area contributed by atoms with E-state index in [0.29, 0.717) is 23.8 Å². The quantitative estimate of drug-likeness (QED) is 0.787. The van der Waals surface area contributed by atoms with Gasteiger partial charge in [-0.2, -0.15) is 0 Å². The van der Waals surface area contributed by atoms with Crippen LogP contribution in [0.3, 0.4) is 0 Å². The van der Waals surface area contributed by atoms with E-state index in [2.05, 4.69) is 10.3 Å². The summed E-state index contributed by atoms with van der Waals surface area (Å²) >= 11 is 0. The zero-order valence-electron chi connectivity index (χ0n) is 11.8. The summed E-state index contributed by atoms with van der Waals surface area (Å²) in [4.78, 5) is 29.5. The third-order valence-electron chi connectivity index (χ3n) is 4.28. The second kappa shape index (κ2) is 4.84. The van der Waals surface area contributed by atoms with Crippen LogP contribution in [0.5, 0.6) is 5.75 Å². The molecule has 1 saturated carbocycles. The number of nitrogens with one attached hydrogen (secondary N) is 1. The number of carbonyl (C=O) groups is 2. The topological polar surface area (TPSA) is 107 Å². The van der Waals surface area contributed by atoms with Crippen molar-refractivity contribution in [2.45, 2.75) is 37.5 Å². The molecule has 116 valence electrons. The summed E-state index contributed by atoms with van der Waals surface area (Å²) in [5, 5.41) is 2.64. The minimum atomic E-state index is -0.417. The maximum Gasteiger partial charge on any atom is 0.416 e. The van der Waals surface area contributed by atoms with Crippen molar-refractivity contribution in [2.75, 3.05) is 16.8 Å². The number of aromatic nitrogens is 1. The Kier molecular flexibility index (Phi) is 2.93. The molecule has 2 fully saturated rings. The highest BCUT2D eigenvalue weighted by atomic mass is 16.6. The Labute approximate surface area is 126 Å². The van der Waals surface area contributed by atoms with E-state index in [1.165, 1.54) is 0 Å². The van der Waals surface area contributed by atoms with Gasteiger partial charge in [0, 0.05) is 12.5 Å². The number of carbonyl (C=O) groups excluding carboxylic acids is 2. The van der Waals surface area contributed by atoms with E-state index in [0.717, 1.165) is 12.8 Å². The number of fused-ring (bicyclic) bond motifs is 2. The van der Waals surface area contributed by atoms with Crippen molar-refractivity contribution in [1.29, 1.82) is 0 Å². The van der Waals surface area contributed by atoms with Gasteiger partial charge in [0.2, 0.25) is 0 Å². The van der Waals surface area contributed by atoms with E-state index in [9.17, 15) is 9.59 Å². The van der Waals surface area contributed by atoms with Crippen LogP contribution in [-0.2, 0) is 9.53 Å². The first-order valence-electron chi connectivity index (χ1n) is 7.31. The molecule has 4 rings (SSSR count). The first kappa shape index (κ1) is 13.3. The molecule has 22 heavy (non-hydrogen) atoms. The van der Waals surface area contributed by atoms with Gasteiger partial charge in [-0.25, -0.2) is 9.78 Å². The highest BCUT2D eigenvalue weighted by molar-refractivity contribution is 5.95. The van der Waals surface area contributed by atoms with Crippen LogP contribution in [0.2, 0.25) is 0 Å². The number of hydrogen-bond donors (Lipinski definition) is 2. The first-order valence-corrected chi connectivity index (χ1v) is 7.31. The van der Waals surface area contributed by atoms with E-state index in [4.69, 9.17) is 15.2 Å². The van der Waals surface area contributed by atoms with Crippen molar-refractivity contribution in [3.8, 4) is 5.75 Å². The van der Waals surface area contributed by atoms with Crippen LogP contribution < -0.4 is 20.7 Å². The number of ether oxygens (including phenoxy) is 2. The lowest BCUT2D eigenvalue weighted by atomic mass is 9.89. The van der Waals surface area contributed by atoms with Gasteiger partial charge in [0.25, 0.3) is 5.91 Å². The lowest BCUT2D eigenvalue weighted by Crippen LogP contribution is -2.44. The molecule has 0 bridgehead atoms. The molecule has 1 saturated heterocycles. The van der Waals surface area contributed by atoms with Crippen LogP contribution >= 0.6 is 0 Å². The van der Waals surface area contributed by atoms with Crippen LogP contribution in [0.15, 0.2) is 12.1 Å². The summed E-state index contributed by atoms with van der Waals surface area (Å²) in [6.07, 6.45) is 1.68. The van der Waals surface area contributed by atoms with E-state index in [1.54, 1.807) is 17.0 Å². The van der Waals surface area contributed by atoms with Gasteiger partial charge in [-0.15, -0.1) is 0 Å². The molecule has 0 unspecified atom stereocenters. The van der Waals surface area contributed by atoms with Crippen molar-refractivity contribution in [3.63, 3.8) is 0 Å². The maximum absolute atomic E-state index is 12.2. The average molecular weight is 304 g/mol. The monoisotopic (exact) mass is 304 g/mol. The molecule has 8 heteroatoms. The van der Waals surface area contributed by atoms with Gasteiger partial charge in [-0.1, -0.05) is 0 Å². The van der Waals surface area contributed by atoms with Crippen LogP contribution in [0.1, 0.15) is 19.3 Å². The molecule has 1 aliphatic carbocycles. The molecular formula is C14H16N4O4. The van der Waals surface area contributed by atoms with Gasteiger partial charge < -0.3 is 20.5 Å². The fourth-order valence-corrected chi connectivity index (χ4v) is 3.24. The number of nitrogens with two attached hydrogens (primary N) is 1. The minimum absolute atomic E-state index is 0.0254. The van der Waals surface area contributed by atoms with E-state index < -0.39 is 6.09 Å². The summed E-state index contributed by atoms with van der Waals surface area (Å²) < 4.78 is 10.7. The molecular weight excluding hydrogens is 288 g/mol. The van der Waals surface area contributed by atoms with Gasteiger partial charge in [-0.05, 0) is 25.0 Å². The van der Waals surface area contributed by atoms with Gasteiger partial charge >= 0.3 is 6.09 Å². The highest BCUT2D eigenvalue weighted by Gasteiger charge is 2.46. The SMILES string of the molecule is N[C@H]1CC[C@H]2[C@@H](C1)OC(=O)N2c1ccc2c(n1)NC(=O)CO2. The smallest absolute Gasteiger partial charge is 0.416 e. The highest BCUT2D eigenvalue weighted by Crippen LogP contribution is 2.36. The lowest BCUT2D eigenvalue weighted by Gasteiger charge is -2.30. The fraction of sp³-hybridized carbons (Fsp3) is 0.500. The van der Waals surface area contributed by atoms with Crippen LogP contribution in [0.4, 0.5) is 16.4 Å². The zero-order chi connectivity index (χ0) is 15.3. The van der Waals surface area contributed by atoms with Crippen LogP contribution in [0.25, 0.3) is 0 Å². The number of rotatable bonds is 1. The molecule has 1 aromatic heterocycles. The Morgan fingerprint density at radius 3 is 3.05 bits per heavy atom. The molecule has 3 aliphatic rings. The summed E-state index contributed by atoms with van der Waals surface area (Å²) in [6.45, 7) is -0.0254. The third kappa shape index (κ3) is 2.07. The number of nitrogens with zero attached hydrogens (tertiary/aromatic N) is 2. The molecule has 3 atom stereocenters. The van der Waals surface area contributed by atoms with Crippen molar-refractivity contribution >= 4 is 23.6 Å². The average Bonchev–Trinajstić information content (AvgIpc) is 2.81. The molecule has 0 aromatic carbocycles. The molecule has 0 spiro atoms. The first-order chi connectivity index (χ1) is 10.6. The Morgan fingerprint density at radius 1 is 1.32 bits per heavy atom. The number of hydrogen-bond acceptors (Lipinski definition) is 6. The second-order valence-electron chi connectivity index (χ2n) is 5.79. The third-order valence-corrected chi connectivity index (χ3v) is 4.28. The van der Waals surface area contributed by atoms with Crippen molar-refractivity contribution in [3.05, 3.63) is 12.1 Å². The van der Waals surface area contributed by atoms with E-state index in [-0.39, 0.29) is 30.7 Å². The van der Waals surface area contributed by atoms with Gasteiger partial charge in [-0.3, -0.25) is 9.69 Å². The van der Waals surface area contributed by atoms with E-state index in [1.807, 2.05) is 0 Å². The molecule has 3 N–H and O–H groups in total. The molecule has 2 amide bonds. The Morgan fingerprint density at radius 2 is 2.18 bits per heavy atom. The standard InChI is InChI=1S/C14H16N4O4/c15-7-1-2-8-10(5-7)22-14(20)18(8)11-4-3-9-13(16-11)17-12(19)6-21-9/h3-4,7-8,10H,1-2,5-6,15H2,(H,16,17,19)/t7-,8-,10+/m0/s1. The Balaban J connectivity index is 1.65. The Bertz CT molecular complexity index is 650. The predicted molar refractivity (Wildman–Crippen MR) is 76.7 cm³/mol. The molecule has 3 heterocycles. The van der Waals surface area contributed by atoms with Crippen LogP contribution in [0, 0.1) is 0 Å². The van der Waals surface area contributed by atoms with Gasteiger partial charge in [0.05, 0.1) is 6.04 Å². The van der Waals surface area contributed by atoms with E-state index >= 15 is 0 Å². The molecule has 2 aliphatic heterocycles. The fourth-order valence-electron chi connectivity index (χ4n) is 3.24.